The number of ether oxygens (including phenoxy) is 1. The normalized spacial score (nSPS) is 10.9. The molecule has 0 bridgehead atoms. The van der Waals surface area contributed by atoms with E-state index in [0.29, 0.717) is 5.69 Å². The van der Waals surface area contributed by atoms with Gasteiger partial charge in [0.1, 0.15) is 5.75 Å². The molecule has 0 fully saturated rings. The van der Waals surface area contributed by atoms with Gasteiger partial charge in [-0.2, -0.15) is 0 Å². The van der Waals surface area contributed by atoms with E-state index in [1.54, 1.807) is 7.11 Å². The molecule has 2 N–H and O–H groups in total. The van der Waals surface area contributed by atoms with Gasteiger partial charge in [-0.1, -0.05) is 30.3 Å². The number of hydrogen-bond donors (Lipinski definition) is 1. The molecule has 0 aliphatic heterocycles. The van der Waals surface area contributed by atoms with Gasteiger partial charge in [-0.05, 0) is 34.4 Å². The monoisotopic (exact) mass is 223 g/mol. The van der Waals surface area contributed by atoms with Crippen LogP contribution in [0, 0.1) is 0 Å². The van der Waals surface area contributed by atoms with Crippen molar-refractivity contribution < 1.29 is 4.74 Å². The van der Waals surface area contributed by atoms with E-state index in [2.05, 4.69) is 24.3 Å². The summed E-state index contributed by atoms with van der Waals surface area (Å²) in [7, 11) is 1.65. The molecule has 3 aromatic rings. The number of benzene rings is 3. The number of nitrogens with two attached hydrogens (primary N) is 1. The Hall–Kier alpha value is -2.22. The van der Waals surface area contributed by atoms with Gasteiger partial charge in [-0.15, -0.1) is 0 Å². The highest BCUT2D eigenvalue weighted by Crippen LogP contribution is 2.34. The number of hydrogen-bond acceptors (Lipinski definition) is 2. The van der Waals surface area contributed by atoms with E-state index in [-0.39, 0.29) is 0 Å². The smallest absolute Gasteiger partial charge is 0.149 e. The molecule has 0 saturated carbocycles. The van der Waals surface area contributed by atoms with Gasteiger partial charge < -0.3 is 10.5 Å². The Bertz CT molecular complexity index is 704. The summed E-state index contributed by atoms with van der Waals surface area (Å²) in [5, 5.41) is 4.64. The van der Waals surface area contributed by atoms with Crippen molar-refractivity contribution in [2.45, 2.75) is 0 Å². The van der Waals surface area contributed by atoms with Gasteiger partial charge in [-0.25, -0.2) is 0 Å². The fraction of sp³-hybridized carbons (Fsp3) is 0.0667. The number of fused-ring (bicyclic) bond motifs is 2. The Morgan fingerprint density at radius 1 is 0.882 bits per heavy atom. The van der Waals surface area contributed by atoms with Gasteiger partial charge in [0.05, 0.1) is 12.8 Å². The van der Waals surface area contributed by atoms with Crippen LogP contribution in [0.5, 0.6) is 5.75 Å². The van der Waals surface area contributed by atoms with Crippen LogP contribution in [0.4, 0.5) is 5.69 Å². The Labute approximate surface area is 99.6 Å². The van der Waals surface area contributed by atoms with Gasteiger partial charge in [0.25, 0.3) is 0 Å². The van der Waals surface area contributed by atoms with Crippen molar-refractivity contribution in [2.24, 2.45) is 0 Å². The lowest BCUT2D eigenvalue weighted by Gasteiger charge is -2.09. The molecule has 0 unspecified atom stereocenters. The first-order valence-corrected chi connectivity index (χ1v) is 5.54. The molecule has 0 aliphatic carbocycles. The number of methoxy groups -OCH3 is 1. The molecule has 0 radical (unpaired) electrons. The van der Waals surface area contributed by atoms with Crippen LogP contribution in [0.1, 0.15) is 0 Å². The number of nitrogen functional groups attached to an aromatic ring is 1. The Morgan fingerprint density at radius 3 is 2.29 bits per heavy atom. The first-order chi connectivity index (χ1) is 8.29. The topological polar surface area (TPSA) is 35.2 Å². The van der Waals surface area contributed by atoms with E-state index in [4.69, 9.17) is 10.5 Å². The minimum absolute atomic E-state index is 0.676. The van der Waals surface area contributed by atoms with Crippen LogP contribution in [0.3, 0.4) is 0 Å². The molecule has 2 heteroatoms. The molecule has 0 heterocycles. The molecule has 0 aliphatic rings. The summed E-state index contributed by atoms with van der Waals surface area (Å²) in [5.41, 5.74) is 6.59. The van der Waals surface area contributed by atoms with E-state index in [1.807, 2.05) is 24.3 Å². The van der Waals surface area contributed by atoms with Crippen LogP contribution in [0.25, 0.3) is 21.5 Å². The number of anilines is 1. The highest BCUT2D eigenvalue weighted by molar-refractivity contribution is 6.02. The van der Waals surface area contributed by atoms with Crippen molar-refractivity contribution >= 4 is 27.2 Å². The summed E-state index contributed by atoms with van der Waals surface area (Å²) in [6.45, 7) is 0. The zero-order valence-corrected chi connectivity index (χ0v) is 9.60. The maximum Gasteiger partial charge on any atom is 0.149 e. The highest BCUT2D eigenvalue weighted by atomic mass is 16.5. The molecular weight excluding hydrogens is 210 g/mol. The summed E-state index contributed by atoms with van der Waals surface area (Å²) in [6, 6.07) is 16.5. The lowest BCUT2D eigenvalue weighted by atomic mass is 10.0. The van der Waals surface area contributed by atoms with Crippen LogP contribution in [0.2, 0.25) is 0 Å². The van der Waals surface area contributed by atoms with Gasteiger partial charge >= 0.3 is 0 Å². The van der Waals surface area contributed by atoms with Crippen molar-refractivity contribution in [2.75, 3.05) is 12.8 Å². The number of rotatable bonds is 1. The molecular formula is C15H13NO. The molecule has 0 spiro atoms. The average molecular weight is 223 g/mol. The van der Waals surface area contributed by atoms with E-state index in [9.17, 15) is 0 Å². The van der Waals surface area contributed by atoms with Gasteiger partial charge in [0, 0.05) is 5.39 Å². The van der Waals surface area contributed by atoms with Crippen LogP contribution in [-0.4, -0.2) is 7.11 Å². The zero-order valence-electron chi connectivity index (χ0n) is 9.60. The van der Waals surface area contributed by atoms with Crippen LogP contribution in [0.15, 0.2) is 48.5 Å². The third kappa shape index (κ3) is 1.49. The molecule has 0 atom stereocenters. The predicted molar refractivity (Wildman–Crippen MR) is 72.4 cm³/mol. The van der Waals surface area contributed by atoms with Crippen molar-refractivity contribution in [3.8, 4) is 5.75 Å². The predicted octanol–water partition coefficient (Wildman–Crippen LogP) is 3.58. The summed E-state index contributed by atoms with van der Waals surface area (Å²) in [5.74, 6) is 0.758. The lowest BCUT2D eigenvalue weighted by molar-refractivity contribution is 0.422. The Kier molecular flexibility index (Phi) is 2.15. The maximum atomic E-state index is 5.92. The minimum atomic E-state index is 0.676. The Morgan fingerprint density at radius 2 is 1.59 bits per heavy atom. The van der Waals surface area contributed by atoms with Crippen LogP contribution in [-0.2, 0) is 0 Å². The summed E-state index contributed by atoms with van der Waals surface area (Å²) in [6.07, 6.45) is 0. The fourth-order valence-corrected chi connectivity index (χ4v) is 2.23. The molecule has 3 rings (SSSR count). The van der Waals surface area contributed by atoms with Crippen molar-refractivity contribution in [1.82, 2.24) is 0 Å². The Balaban J connectivity index is 2.47. The van der Waals surface area contributed by atoms with Gasteiger partial charge in [0.15, 0.2) is 0 Å². The second kappa shape index (κ2) is 3.67. The second-order valence-electron chi connectivity index (χ2n) is 4.11. The third-order valence-electron chi connectivity index (χ3n) is 3.07. The molecule has 0 amide bonds. The lowest BCUT2D eigenvalue weighted by Crippen LogP contribution is -1.93. The molecule has 3 aromatic carbocycles. The van der Waals surface area contributed by atoms with Crippen molar-refractivity contribution in [3.63, 3.8) is 0 Å². The molecule has 17 heavy (non-hydrogen) atoms. The largest absolute Gasteiger partial charge is 0.494 e. The molecule has 84 valence electrons. The van der Waals surface area contributed by atoms with Crippen LogP contribution >= 0.6 is 0 Å². The minimum Gasteiger partial charge on any atom is -0.494 e. The van der Waals surface area contributed by atoms with E-state index >= 15 is 0 Å². The highest BCUT2D eigenvalue weighted by Gasteiger charge is 2.06. The standard InChI is InChI=1S/C15H13NO/c1-17-15-13-9-11-5-3-2-4-10(11)8-12(13)6-7-14(15)16/h2-9H,16H2,1H3. The SMILES string of the molecule is COc1c(N)ccc2cc3ccccc3cc12. The van der Waals surface area contributed by atoms with Crippen molar-refractivity contribution in [3.05, 3.63) is 48.5 Å². The fourth-order valence-electron chi connectivity index (χ4n) is 2.23. The maximum absolute atomic E-state index is 5.92. The first-order valence-electron chi connectivity index (χ1n) is 5.54. The third-order valence-corrected chi connectivity index (χ3v) is 3.07. The van der Waals surface area contributed by atoms with Crippen molar-refractivity contribution in [1.29, 1.82) is 0 Å². The first kappa shape index (κ1) is 9.97. The van der Waals surface area contributed by atoms with E-state index in [0.717, 1.165) is 16.5 Å². The second-order valence-corrected chi connectivity index (χ2v) is 4.11. The zero-order chi connectivity index (χ0) is 11.8. The van der Waals surface area contributed by atoms with Gasteiger partial charge in [-0.3, -0.25) is 0 Å². The van der Waals surface area contributed by atoms with Gasteiger partial charge in [0.2, 0.25) is 0 Å². The quantitative estimate of drug-likeness (QED) is 0.505. The summed E-state index contributed by atoms with van der Waals surface area (Å²) in [4.78, 5) is 0. The van der Waals surface area contributed by atoms with E-state index < -0.39 is 0 Å². The van der Waals surface area contributed by atoms with Crippen LogP contribution < -0.4 is 10.5 Å². The summed E-state index contributed by atoms with van der Waals surface area (Å²) >= 11 is 0. The molecule has 2 nitrogen and oxygen atoms in total. The molecule has 0 aromatic heterocycles. The summed E-state index contributed by atoms with van der Waals surface area (Å²) < 4.78 is 5.38. The average Bonchev–Trinajstić information content (AvgIpc) is 2.36. The molecule has 0 saturated heterocycles. The van der Waals surface area contributed by atoms with E-state index in [1.165, 1.54) is 10.8 Å².